The van der Waals surface area contributed by atoms with Gasteiger partial charge >= 0.3 is 12.1 Å². The van der Waals surface area contributed by atoms with Gasteiger partial charge in [0.25, 0.3) is 0 Å². The van der Waals surface area contributed by atoms with E-state index in [1.54, 1.807) is 11.3 Å². The number of hydrogen-bond donors (Lipinski definition) is 1. The number of rotatable bonds is 3. The summed E-state index contributed by atoms with van der Waals surface area (Å²) in [5.74, 6) is -2.49. The Labute approximate surface area is 175 Å². The van der Waals surface area contributed by atoms with Crippen LogP contribution in [0.1, 0.15) is 30.0 Å². The molecule has 162 valence electrons. The van der Waals surface area contributed by atoms with Crippen molar-refractivity contribution in [2.75, 3.05) is 11.4 Å². The fourth-order valence-corrected chi connectivity index (χ4v) is 4.57. The van der Waals surface area contributed by atoms with Gasteiger partial charge in [0, 0.05) is 36.6 Å². The molecule has 1 amide bonds. The predicted molar refractivity (Wildman–Crippen MR) is 106 cm³/mol. The topological polar surface area (TPSA) is 73.7 Å². The Morgan fingerprint density at radius 3 is 2.47 bits per heavy atom. The number of halogens is 3. The SMILES string of the molecule is Cc1nc(CN2CC[C@H]3[C@@H]2CCC(=O)N3c2ccccc2)cs1.O=C(O)C(F)(F)F. The third kappa shape index (κ3) is 5.17. The molecule has 0 saturated carbocycles. The molecule has 3 heterocycles. The number of para-hydroxylation sites is 1. The van der Waals surface area contributed by atoms with E-state index in [0.717, 1.165) is 42.3 Å². The lowest BCUT2D eigenvalue weighted by Gasteiger charge is -2.39. The number of aliphatic carboxylic acids is 1. The standard InChI is InChI=1S/C18H21N3OS.C2HF3O2/c1-13-19-14(12-23-13)11-20-10-9-17-16(20)7-8-18(22)21(17)15-5-3-2-4-6-15;3-2(4,5)1(6)7/h2-6,12,16-17H,7-11H2,1H3;(H,6,7)/t16-,17-;/m0./s1. The zero-order valence-corrected chi connectivity index (χ0v) is 17.1. The number of aromatic nitrogens is 1. The van der Waals surface area contributed by atoms with Crippen LogP contribution in [0.15, 0.2) is 35.7 Å². The van der Waals surface area contributed by atoms with E-state index in [4.69, 9.17) is 9.90 Å². The number of thiazole rings is 1. The van der Waals surface area contributed by atoms with E-state index in [9.17, 15) is 18.0 Å². The second-order valence-corrected chi connectivity index (χ2v) is 8.25. The highest BCUT2D eigenvalue weighted by Gasteiger charge is 2.43. The van der Waals surface area contributed by atoms with Crippen LogP contribution in [0.3, 0.4) is 0 Å². The van der Waals surface area contributed by atoms with Crippen LogP contribution in [0.4, 0.5) is 18.9 Å². The van der Waals surface area contributed by atoms with Gasteiger partial charge in [-0.15, -0.1) is 11.3 Å². The van der Waals surface area contributed by atoms with E-state index in [1.165, 1.54) is 0 Å². The highest BCUT2D eigenvalue weighted by molar-refractivity contribution is 7.09. The molecule has 1 N–H and O–H groups in total. The maximum Gasteiger partial charge on any atom is 0.490 e. The number of carbonyl (C=O) groups is 2. The quantitative estimate of drug-likeness (QED) is 0.783. The first kappa shape index (κ1) is 22.2. The first-order valence-corrected chi connectivity index (χ1v) is 10.4. The number of fused-ring (bicyclic) bond motifs is 1. The van der Waals surface area contributed by atoms with Crippen molar-refractivity contribution in [3.8, 4) is 0 Å². The number of piperidine rings is 1. The molecule has 2 saturated heterocycles. The van der Waals surface area contributed by atoms with Gasteiger partial charge in [-0.3, -0.25) is 9.69 Å². The van der Waals surface area contributed by atoms with Gasteiger partial charge in [0.2, 0.25) is 5.91 Å². The second-order valence-electron chi connectivity index (χ2n) is 7.19. The van der Waals surface area contributed by atoms with Crippen molar-refractivity contribution in [3.63, 3.8) is 0 Å². The van der Waals surface area contributed by atoms with Gasteiger partial charge in [-0.25, -0.2) is 9.78 Å². The molecule has 2 atom stereocenters. The first-order chi connectivity index (χ1) is 14.2. The number of anilines is 1. The maximum absolute atomic E-state index is 12.5. The van der Waals surface area contributed by atoms with Gasteiger partial charge in [0.05, 0.1) is 16.7 Å². The monoisotopic (exact) mass is 441 g/mol. The lowest BCUT2D eigenvalue weighted by atomic mass is 9.95. The molecular weight excluding hydrogens is 419 g/mol. The number of aryl methyl sites for hydroxylation is 1. The third-order valence-electron chi connectivity index (χ3n) is 5.19. The average molecular weight is 441 g/mol. The summed E-state index contributed by atoms with van der Waals surface area (Å²) in [5, 5.41) is 10.4. The first-order valence-electron chi connectivity index (χ1n) is 9.49. The van der Waals surface area contributed by atoms with Crippen LogP contribution in [-0.4, -0.2) is 51.7 Å². The largest absolute Gasteiger partial charge is 0.490 e. The maximum atomic E-state index is 12.5. The van der Waals surface area contributed by atoms with Gasteiger partial charge in [0.15, 0.2) is 0 Å². The summed E-state index contributed by atoms with van der Waals surface area (Å²) in [6, 6.07) is 10.9. The number of carbonyl (C=O) groups excluding carboxylic acids is 1. The van der Waals surface area contributed by atoms with Crippen LogP contribution in [-0.2, 0) is 16.1 Å². The van der Waals surface area contributed by atoms with Crippen molar-refractivity contribution in [1.82, 2.24) is 9.88 Å². The Bertz CT molecular complexity index is 888. The summed E-state index contributed by atoms with van der Waals surface area (Å²) in [4.78, 5) is 30.6. The minimum absolute atomic E-state index is 0.267. The lowest BCUT2D eigenvalue weighted by Crippen LogP contribution is -2.52. The lowest BCUT2D eigenvalue weighted by molar-refractivity contribution is -0.192. The predicted octanol–water partition coefficient (Wildman–Crippen LogP) is 3.85. The second kappa shape index (κ2) is 9.13. The Morgan fingerprint density at radius 2 is 1.90 bits per heavy atom. The van der Waals surface area contributed by atoms with Crippen LogP contribution in [0.25, 0.3) is 0 Å². The summed E-state index contributed by atoms with van der Waals surface area (Å²) in [6.45, 7) is 4.00. The number of carboxylic acid groups (broad SMARTS) is 1. The van der Waals surface area contributed by atoms with Crippen molar-refractivity contribution in [2.45, 2.75) is 51.0 Å². The molecule has 0 bridgehead atoms. The van der Waals surface area contributed by atoms with Crippen LogP contribution in [0.5, 0.6) is 0 Å². The fourth-order valence-electron chi connectivity index (χ4n) is 3.96. The van der Waals surface area contributed by atoms with Crippen LogP contribution in [0, 0.1) is 6.92 Å². The van der Waals surface area contributed by atoms with E-state index < -0.39 is 12.1 Å². The van der Waals surface area contributed by atoms with Crippen molar-refractivity contribution in [3.05, 3.63) is 46.4 Å². The molecule has 30 heavy (non-hydrogen) atoms. The summed E-state index contributed by atoms with van der Waals surface area (Å²) in [5.41, 5.74) is 2.20. The molecular formula is C20H22F3N3O3S. The van der Waals surface area contributed by atoms with E-state index in [-0.39, 0.29) is 5.91 Å². The van der Waals surface area contributed by atoms with Crippen LogP contribution < -0.4 is 4.90 Å². The number of carboxylic acids is 1. The van der Waals surface area contributed by atoms with E-state index in [1.807, 2.05) is 35.2 Å². The normalized spacial score (nSPS) is 21.7. The summed E-state index contributed by atoms with van der Waals surface area (Å²) >= 11 is 1.71. The number of likely N-dealkylation sites (tertiary alicyclic amines) is 1. The third-order valence-corrected chi connectivity index (χ3v) is 6.01. The molecule has 2 aliphatic rings. The molecule has 1 aromatic carbocycles. The summed E-state index contributed by atoms with van der Waals surface area (Å²) in [7, 11) is 0. The van der Waals surface area contributed by atoms with Crippen LogP contribution >= 0.6 is 11.3 Å². The molecule has 6 nitrogen and oxygen atoms in total. The molecule has 2 fully saturated rings. The van der Waals surface area contributed by atoms with Gasteiger partial charge in [-0.2, -0.15) is 13.2 Å². The Morgan fingerprint density at radius 1 is 1.23 bits per heavy atom. The summed E-state index contributed by atoms with van der Waals surface area (Å²) in [6.07, 6.45) is -2.42. The molecule has 2 aromatic rings. The van der Waals surface area contributed by atoms with Gasteiger partial charge in [-0.1, -0.05) is 18.2 Å². The number of hydrogen-bond acceptors (Lipinski definition) is 5. The summed E-state index contributed by atoms with van der Waals surface area (Å²) < 4.78 is 31.7. The molecule has 4 rings (SSSR count). The van der Waals surface area contributed by atoms with Crippen molar-refractivity contribution < 1.29 is 27.9 Å². The highest BCUT2D eigenvalue weighted by atomic mass is 32.1. The van der Waals surface area contributed by atoms with Crippen LogP contribution in [0.2, 0.25) is 0 Å². The van der Waals surface area contributed by atoms with E-state index >= 15 is 0 Å². The number of benzene rings is 1. The van der Waals surface area contributed by atoms with E-state index in [2.05, 4.69) is 22.2 Å². The molecule has 0 spiro atoms. The highest BCUT2D eigenvalue weighted by Crippen LogP contribution is 2.35. The van der Waals surface area contributed by atoms with Crippen molar-refractivity contribution in [1.29, 1.82) is 0 Å². The van der Waals surface area contributed by atoms with Crippen molar-refractivity contribution >= 4 is 28.9 Å². The Kier molecular flexibility index (Phi) is 6.77. The molecule has 10 heteroatoms. The molecule has 2 aliphatic heterocycles. The Balaban J connectivity index is 0.000000318. The van der Waals surface area contributed by atoms with Gasteiger partial charge < -0.3 is 10.0 Å². The zero-order valence-electron chi connectivity index (χ0n) is 16.3. The van der Waals surface area contributed by atoms with E-state index in [0.29, 0.717) is 18.5 Å². The van der Waals surface area contributed by atoms with Gasteiger partial charge in [-0.05, 0) is 31.9 Å². The van der Waals surface area contributed by atoms with Crippen molar-refractivity contribution in [2.24, 2.45) is 0 Å². The van der Waals surface area contributed by atoms with Gasteiger partial charge in [0.1, 0.15) is 0 Å². The molecule has 0 radical (unpaired) electrons. The number of amides is 1. The average Bonchev–Trinajstić information content (AvgIpc) is 3.28. The molecule has 0 aliphatic carbocycles. The number of nitrogens with zero attached hydrogens (tertiary/aromatic N) is 3. The molecule has 0 unspecified atom stereocenters. The number of alkyl halides is 3. The Hall–Kier alpha value is -2.46. The zero-order chi connectivity index (χ0) is 21.9. The smallest absolute Gasteiger partial charge is 0.475 e. The fraction of sp³-hybridized carbons (Fsp3) is 0.450. The minimum Gasteiger partial charge on any atom is -0.475 e. The molecule has 1 aromatic heterocycles. The minimum atomic E-state index is -5.08.